The van der Waals surface area contributed by atoms with Gasteiger partial charge in [0.15, 0.2) is 0 Å². The van der Waals surface area contributed by atoms with Crippen molar-refractivity contribution in [2.24, 2.45) is 0 Å². The minimum atomic E-state index is -0.453. The summed E-state index contributed by atoms with van der Waals surface area (Å²) in [4.78, 5) is 3.28. The minimum Gasteiger partial charge on any atom is -0.387 e. The zero-order valence-electron chi connectivity index (χ0n) is 9.04. The van der Waals surface area contributed by atoms with Gasteiger partial charge in [0, 0.05) is 28.7 Å². The van der Waals surface area contributed by atoms with Crippen LogP contribution in [0.3, 0.4) is 0 Å². The maximum absolute atomic E-state index is 10.0. The third kappa shape index (κ3) is 1.76. The van der Waals surface area contributed by atoms with Crippen LogP contribution in [0.2, 0.25) is 0 Å². The van der Waals surface area contributed by atoms with Crippen LogP contribution in [-0.4, -0.2) is 23.7 Å². The van der Waals surface area contributed by atoms with Crippen LogP contribution in [-0.2, 0) is 0 Å². The number of fused-ring (bicyclic) bond motifs is 1. The molecule has 15 heavy (non-hydrogen) atoms. The van der Waals surface area contributed by atoms with Gasteiger partial charge in [0.25, 0.3) is 0 Å². The van der Waals surface area contributed by atoms with Crippen molar-refractivity contribution < 1.29 is 5.11 Å². The molecule has 1 unspecified atom stereocenters. The molecule has 1 atom stereocenters. The van der Waals surface area contributed by atoms with Crippen molar-refractivity contribution in [3.8, 4) is 0 Å². The number of aliphatic hydroxyl groups excluding tert-OH is 1. The van der Waals surface area contributed by atoms with E-state index in [4.69, 9.17) is 0 Å². The zero-order valence-corrected chi connectivity index (χ0v) is 9.04. The lowest BCUT2D eigenvalue weighted by Gasteiger charge is -2.10. The lowest BCUT2D eigenvalue weighted by atomic mass is 10.1. The number of aryl methyl sites for hydroxylation is 1. The van der Waals surface area contributed by atoms with E-state index in [-0.39, 0.29) is 0 Å². The Balaban J connectivity index is 2.53. The summed E-state index contributed by atoms with van der Waals surface area (Å²) >= 11 is 0. The largest absolute Gasteiger partial charge is 0.387 e. The molecule has 1 aromatic carbocycles. The molecule has 3 nitrogen and oxygen atoms in total. The molecule has 0 amide bonds. The summed E-state index contributed by atoms with van der Waals surface area (Å²) in [5.41, 5.74) is 3.12. The number of rotatable bonds is 3. The number of hydrogen-bond acceptors (Lipinski definition) is 2. The number of likely N-dealkylation sites (N-methyl/N-ethyl adjacent to an activating group) is 1. The highest BCUT2D eigenvalue weighted by Gasteiger charge is 2.15. The van der Waals surface area contributed by atoms with Gasteiger partial charge in [-0.15, -0.1) is 0 Å². The van der Waals surface area contributed by atoms with Crippen molar-refractivity contribution >= 4 is 10.9 Å². The Bertz CT molecular complexity index is 462. The molecule has 2 aromatic rings. The molecule has 80 valence electrons. The summed E-state index contributed by atoms with van der Waals surface area (Å²) in [5.74, 6) is 0. The van der Waals surface area contributed by atoms with Crippen molar-refractivity contribution in [2.75, 3.05) is 13.6 Å². The number of para-hydroxylation sites is 1. The van der Waals surface area contributed by atoms with E-state index in [1.54, 1.807) is 0 Å². The van der Waals surface area contributed by atoms with Crippen LogP contribution in [0.5, 0.6) is 0 Å². The molecular formula is C12H16N2O. The van der Waals surface area contributed by atoms with Gasteiger partial charge >= 0.3 is 0 Å². The van der Waals surface area contributed by atoms with Gasteiger partial charge in [0.1, 0.15) is 0 Å². The molecule has 1 heterocycles. The van der Waals surface area contributed by atoms with E-state index in [2.05, 4.69) is 10.3 Å². The van der Waals surface area contributed by atoms with Gasteiger partial charge in [-0.2, -0.15) is 0 Å². The molecule has 0 aliphatic rings. The first-order valence-electron chi connectivity index (χ1n) is 5.14. The smallest absolute Gasteiger partial charge is 0.0937 e. The summed E-state index contributed by atoms with van der Waals surface area (Å²) in [5, 5.41) is 14.1. The SMILES string of the molecule is CNCC(O)c1c(C)[nH]c2ccccc12. The van der Waals surface area contributed by atoms with Crippen LogP contribution < -0.4 is 5.32 Å². The predicted molar refractivity (Wildman–Crippen MR) is 61.9 cm³/mol. The van der Waals surface area contributed by atoms with E-state index < -0.39 is 6.10 Å². The molecule has 3 heteroatoms. The Kier molecular flexibility index (Phi) is 2.75. The number of H-pyrrole nitrogens is 1. The molecule has 0 spiro atoms. The monoisotopic (exact) mass is 204 g/mol. The lowest BCUT2D eigenvalue weighted by molar-refractivity contribution is 0.178. The second-order valence-corrected chi connectivity index (χ2v) is 3.78. The Hall–Kier alpha value is -1.32. The lowest BCUT2D eigenvalue weighted by Crippen LogP contribution is -2.17. The minimum absolute atomic E-state index is 0.453. The van der Waals surface area contributed by atoms with Gasteiger partial charge < -0.3 is 15.4 Å². The van der Waals surface area contributed by atoms with Crippen molar-refractivity contribution in [3.63, 3.8) is 0 Å². The van der Waals surface area contributed by atoms with Gasteiger partial charge in [0.2, 0.25) is 0 Å². The number of aromatic amines is 1. The highest BCUT2D eigenvalue weighted by molar-refractivity contribution is 5.84. The third-order valence-electron chi connectivity index (χ3n) is 2.67. The van der Waals surface area contributed by atoms with E-state index in [1.807, 2.05) is 38.2 Å². The highest BCUT2D eigenvalue weighted by atomic mass is 16.3. The van der Waals surface area contributed by atoms with Gasteiger partial charge in [-0.3, -0.25) is 0 Å². The van der Waals surface area contributed by atoms with Gasteiger partial charge in [-0.05, 0) is 20.0 Å². The van der Waals surface area contributed by atoms with Crippen molar-refractivity contribution in [3.05, 3.63) is 35.5 Å². The Morgan fingerprint density at radius 1 is 1.40 bits per heavy atom. The number of aliphatic hydroxyl groups is 1. The van der Waals surface area contributed by atoms with Crippen molar-refractivity contribution in [1.82, 2.24) is 10.3 Å². The summed E-state index contributed by atoms with van der Waals surface area (Å²) in [6.45, 7) is 2.57. The van der Waals surface area contributed by atoms with E-state index in [0.29, 0.717) is 6.54 Å². The summed E-state index contributed by atoms with van der Waals surface area (Å²) in [6.07, 6.45) is -0.453. The summed E-state index contributed by atoms with van der Waals surface area (Å²) in [7, 11) is 1.84. The highest BCUT2D eigenvalue weighted by Crippen LogP contribution is 2.27. The molecule has 0 aliphatic carbocycles. The molecule has 0 fully saturated rings. The van der Waals surface area contributed by atoms with Crippen LogP contribution in [0.4, 0.5) is 0 Å². The molecule has 1 aromatic heterocycles. The quantitative estimate of drug-likeness (QED) is 0.713. The predicted octanol–water partition coefficient (Wildman–Crippen LogP) is 1.73. The van der Waals surface area contributed by atoms with E-state index in [0.717, 1.165) is 22.2 Å². The Morgan fingerprint density at radius 2 is 2.13 bits per heavy atom. The molecule has 0 bridgehead atoms. The van der Waals surface area contributed by atoms with Crippen molar-refractivity contribution in [2.45, 2.75) is 13.0 Å². The average Bonchev–Trinajstić information content (AvgIpc) is 2.54. The van der Waals surface area contributed by atoms with E-state index in [9.17, 15) is 5.11 Å². The standard InChI is InChI=1S/C12H16N2O/c1-8-12(11(15)7-13-2)9-5-3-4-6-10(9)14-8/h3-6,11,13-15H,7H2,1-2H3. The third-order valence-corrected chi connectivity index (χ3v) is 2.67. The Morgan fingerprint density at radius 3 is 2.87 bits per heavy atom. The van der Waals surface area contributed by atoms with Gasteiger partial charge in [-0.1, -0.05) is 18.2 Å². The fourth-order valence-corrected chi connectivity index (χ4v) is 2.02. The number of hydrogen-bond donors (Lipinski definition) is 3. The second-order valence-electron chi connectivity index (χ2n) is 3.78. The van der Waals surface area contributed by atoms with Crippen LogP contribution in [0.1, 0.15) is 17.4 Å². The second kappa shape index (κ2) is 4.04. The first kappa shape index (κ1) is 10.2. The van der Waals surface area contributed by atoms with E-state index in [1.165, 1.54) is 0 Å². The molecule has 3 N–H and O–H groups in total. The van der Waals surface area contributed by atoms with Crippen molar-refractivity contribution in [1.29, 1.82) is 0 Å². The Labute approximate surface area is 89.1 Å². The number of nitrogens with one attached hydrogen (secondary N) is 2. The van der Waals surface area contributed by atoms with Crippen LogP contribution >= 0.6 is 0 Å². The van der Waals surface area contributed by atoms with Gasteiger partial charge in [-0.25, -0.2) is 0 Å². The average molecular weight is 204 g/mol. The van der Waals surface area contributed by atoms with E-state index >= 15 is 0 Å². The van der Waals surface area contributed by atoms with Crippen LogP contribution in [0.25, 0.3) is 10.9 Å². The molecule has 0 radical (unpaired) electrons. The maximum Gasteiger partial charge on any atom is 0.0937 e. The fraction of sp³-hybridized carbons (Fsp3) is 0.333. The van der Waals surface area contributed by atoms with Crippen LogP contribution in [0.15, 0.2) is 24.3 Å². The molecule has 0 saturated carbocycles. The first-order chi connectivity index (χ1) is 7.24. The normalized spacial score (nSPS) is 13.3. The van der Waals surface area contributed by atoms with Gasteiger partial charge in [0.05, 0.1) is 6.10 Å². The number of benzene rings is 1. The molecule has 0 aliphatic heterocycles. The zero-order chi connectivity index (χ0) is 10.8. The number of aromatic nitrogens is 1. The maximum atomic E-state index is 10.0. The molecule has 0 saturated heterocycles. The summed E-state index contributed by atoms with van der Waals surface area (Å²) in [6, 6.07) is 8.04. The fourth-order valence-electron chi connectivity index (χ4n) is 2.02. The molecular weight excluding hydrogens is 188 g/mol. The summed E-state index contributed by atoms with van der Waals surface area (Å²) < 4.78 is 0. The topological polar surface area (TPSA) is 48.0 Å². The van der Waals surface area contributed by atoms with Crippen LogP contribution in [0, 0.1) is 6.92 Å². The molecule has 2 rings (SSSR count). The first-order valence-corrected chi connectivity index (χ1v) is 5.14.